The first-order chi connectivity index (χ1) is 5.68. The Morgan fingerprint density at radius 3 is 1.67 bits per heavy atom. The van der Waals surface area contributed by atoms with Crippen molar-refractivity contribution in [3.05, 3.63) is 0 Å². The zero-order valence-electron chi connectivity index (χ0n) is 8.97. The highest BCUT2D eigenvalue weighted by atomic mass is 16.5. The van der Waals surface area contributed by atoms with E-state index in [0.717, 1.165) is 0 Å². The summed E-state index contributed by atoms with van der Waals surface area (Å²) in [6.07, 6.45) is 5.21. The number of ether oxygens (including phenoxy) is 1. The molecule has 1 N–H and O–H groups in total. The van der Waals surface area contributed by atoms with E-state index in [2.05, 4.69) is 18.6 Å². The minimum atomic E-state index is -0.324. The van der Waals surface area contributed by atoms with Crippen LogP contribution in [0.2, 0.25) is 0 Å². The summed E-state index contributed by atoms with van der Waals surface area (Å²) in [6, 6.07) is 0. The lowest BCUT2D eigenvalue weighted by molar-refractivity contribution is 0.0765. The SMILES string of the molecule is CCCCCC.COCC(C)O. The van der Waals surface area contributed by atoms with Crippen molar-refractivity contribution in [3.63, 3.8) is 0 Å². The molecular formula is C10H24O2. The fourth-order valence-electron chi connectivity index (χ4n) is 0.741. The summed E-state index contributed by atoms with van der Waals surface area (Å²) in [5, 5.41) is 8.43. The van der Waals surface area contributed by atoms with Gasteiger partial charge in [0.05, 0.1) is 12.7 Å². The fourth-order valence-corrected chi connectivity index (χ4v) is 0.741. The van der Waals surface area contributed by atoms with E-state index in [-0.39, 0.29) is 6.10 Å². The Balaban J connectivity index is 0. The Morgan fingerprint density at radius 1 is 1.17 bits per heavy atom. The summed E-state index contributed by atoms with van der Waals surface area (Å²) >= 11 is 0. The van der Waals surface area contributed by atoms with Gasteiger partial charge in [0, 0.05) is 7.11 Å². The predicted octanol–water partition coefficient (Wildman–Crippen LogP) is 2.60. The topological polar surface area (TPSA) is 29.5 Å². The highest BCUT2D eigenvalue weighted by Crippen LogP contribution is 1.95. The minimum absolute atomic E-state index is 0.324. The van der Waals surface area contributed by atoms with E-state index >= 15 is 0 Å². The lowest BCUT2D eigenvalue weighted by Gasteiger charge is -1.97. The first-order valence-corrected chi connectivity index (χ1v) is 4.85. The van der Waals surface area contributed by atoms with Crippen molar-refractivity contribution in [3.8, 4) is 0 Å². The van der Waals surface area contributed by atoms with Crippen LogP contribution < -0.4 is 0 Å². The molecule has 0 rings (SSSR count). The maximum Gasteiger partial charge on any atom is 0.0745 e. The summed E-state index contributed by atoms with van der Waals surface area (Å²) < 4.78 is 4.55. The molecule has 0 saturated heterocycles. The summed E-state index contributed by atoms with van der Waals surface area (Å²) in [4.78, 5) is 0. The number of unbranched alkanes of at least 4 members (excludes halogenated alkanes) is 3. The molecule has 0 aromatic rings. The molecule has 0 aliphatic heterocycles. The molecular weight excluding hydrogens is 152 g/mol. The number of rotatable bonds is 5. The number of aliphatic hydroxyl groups excluding tert-OH is 1. The number of aliphatic hydroxyl groups is 1. The molecule has 0 spiro atoms. The zero-order valence-corrected chi connectivity index (χ0v) is 8.97. The molecule has 0 bridgehead atoms. The molecule has 0 heterocycles. The third-order valence-electron chi connectivity index (χ3n) is 1.36. The Kier molecular flexibility index (Phi) is 16.3. The summed E-state index contributed by atoms with van der Waals surface area (Å²) in [6.45, 7) is 6.58. The summed E-state index contributed by atoms with van der Waals surface area (Å²) in [5.41, 5.74) is 0. The van der Waals surface area contributed by atoms with Gasteiger partial charge in [0.15, 0.2) is 0 Å². The lowest BCUT2D eigenvalue weighted by Crippen LogP contribution is -2.07. The zero-order chi connectivity index (χ0) is 9.82. The average molecular weight is 176 g/mol. The van der Waals surface area contributed by atoms with E-state index in [1.165, 1.54) is 25.7 Å². The Bertz CT molecular complexity index is 58.9. The first kappa shape index (κ1) is 14.4. The second-order valence-corrected chi connectivity index (χ2v) is 3.01. The van der Waals surface area contributed by atoms with Gasteiger partial charge in [0.25, 0.3) is 0 Å². The maximum atomic E-state index is 8.43. The smallest absolute Gasteiger partial charge is 0.0745 e. The van der Waals surface area contributed by atoms with Crippen molar-refractivity contribution in [1.82, 2.24) is 0 Å². The van der Waals surface area contributed by atoms with Gasteiger partial charge in [-0.1, -0.05) is 39.5 Å². The van der Waals surface area contributed by atoms with Crippen LogP contribution in [0.4, 0.5) is 0 Å². The largest absolute Gasteiger partial charge is 0.391 e. The third kappa shape index (κ3) is 22.5. The van der Waals surface area contributed by atoms with E-state index in [4.69, 9.17) is 5.11 Å². The van der Waals surface area contributed by atoms with Gasteiger partial charge in [-0.2, -0.15) is 0 Å². The number of methoxy groups -OCH3 is 1. The van der Waals surface area contributed by atoms with Crippen molar-refractivity contribution in [2.45, 2.75) is 52.6 Å². The van der Waals surface area contributed by atoms with E-state index < -0.39 is 0 Å². The van der Waals surface area contributed by atoms with Gasteiger partial charge in [-0.3, -0.25) is 0 Å². The molecule has 0 saturated carbocycles. The van der Waals surface area contributed by atoms with Gasteiger partial charge in [0.1, 0.15) is 0 Å². The molecule has 0 aromatic heterocycles. The molecule has 1 atom stereocenters. The lowest BCUT2D eigenvalue weighted by atomic mass is 10.2. The minimum Gasteiger partial charge on any atom is -0.391 e. The van der Waals surface area contributed by atoms with E-state index in [9.17, 15) is 0 Å². The highest BCUT2D eigenvalue weighted by Gasteiger charge is 1.87. The van der Waals surface area contributed by atoms with Crippen LogP contribution in [-0.4, -0.2) is 24.9 Å². The van der Waals surface area contributed by atoms with Crippen LogP contribution >= 0.6 is 0 Å². The summed E-state index contributed by atoms with van der Waals surface area (Å²) in [7, 11) is 1.56. The van der Waals surface area contributed by atoms with Crippen LogP contribution in [0.1, 0.15) is 46.5 Å². The van der Waals surface area contributed by atoms with Crippen LogP contribution in [0, 0.1) is 0 Å². The van der Waals surface area contributed by atoms with Gasteiger partial charge in [-0.05, 0) is 6.92 Å². The Labute approximate surface area is 76.9 Å². The number of hydrogen-bond acceptors (Lipinski definition) is 2. The Hall–Kier alpha value is -0.0800. The fraction of sp³-hybridized carbons (Fsp3) is 1.00. The van der Waals surface area contributed by atoms with Crippen LogP contribution in [0.15, 0.2) is 0 Å². The van der Waals surface area contributed by atoms with Gasteiger partial charge in [-0.15, -0.1) is 0 Å². The standard InChI is InChI=1S/C6H14.C4H10O2/c1-3-5-6-4-2;1-4(5)3-6-2/h3-6H2,1-2H3;4-5H,3H2,1-2H3. The molecule has 12 heavy (non-hydrogen) atoms. The maximum absolute atomic E-state index is 8.43. The van der Waals surface area contributed by atoms with Crippen molar-refractivity contribution < 1.29 is 9.84 Å². The highest BCUT2D eigenvalue weighted by molar-refractivity contribution is 4.36. The van der Waals surface area contributed by atoms with Crippen LogP contribution in [-0.2, 0) is 4.74 Å². The molecule has 0 radical (unpaired) electrons. The van der Waals surface area contributed by atoms with Crippen molar-refractivity contribution in [1.29, 1.82) is 0 Å². The average Bonchev–Trinajstić information content (AvgIpc) is 2.02. The molecule has 0 aliphatic rings. The van der Waals surface area contributed by atoms with Gasteiger partial charge in [-0.25, -0.2) is 0 Å². The normalized spacial score (nSPS) is 11.8. The van der Waals surface area contributed by atoms with Crippen LogP contribution in [0.5, 0.6) is 0 Å². The monoisotopic (exact) mass is 176 g/mol. The molecule has 76 valence electrons. The van der Waals surface area contributed by atoms with Gasteiger partial charge in [0.2, 0.25) is 0 Å². The molecule has 0 amide bonds. The second-order valence-electron chi connectivity index (χ2n) is 3.01. The molecule has 2 heteroatoms. The van der Waals surface area contributed by atoms with Crippen molar-refractivity contribution >= 4 is 0 Å². The molecule has 0 fully saturated rings. The third-order valence-corrected chi connectivity index (χ3v) is 1.36. The van der Waals surface area contributed by atoms with E-state index in [0.29, 0.717) is 6.61 Å². The van der Waals surface area contributed by atoms with Gasteiger partial charge >= 0.3 is 0 Å². The quantitative estimate of drug-likeness (QED) is 0.652. The van der Waals surface area contributed by atoms with E-state index in [1.54, 1.807) is 14.0 Å². The van der Waals surface area contributed by atoms with Crippen molar-refractivity contribution in [2.75, 3.05) is 13.7 Å². The molecule has 1 unspecified atom stereocenters. The molecule has 2 nitrogen and oxygen atoms in total. The molecule has 0 aliphatic carbocycles. The Morgan fingerprint density at radius 2 is 1.58 bits per heavy atom. The van der Waals surface area contributed by atoms with Crippen molar-refractivity contribution in [2.24, 2.45) is 0 Å². The van der Waals surface area contributed by atoms with Crippen LogP contribution in [0.25, 0.3) is 0 Å². The van der Waals surface area contributed by atoms with Crippen LogP contribution in [0.3, 0.4) is 0 Å². The first-order valence-electron chi connectivity index (χ1n) is 4.85. The molecule has 0 aromatic carbocycles. The predicted molar refractivity (Wildman–Crippen MR) is 53.4 cm³/mol. The number of hydrogen-bond donors (Lipinski definition) is 1. The van der Waals surface area contributed by atoms with Gasteiger partial charge < -0.3 is 9.84 Å². The van der Waals surface area contributed by atoms with E-state index in [1.807, 2.05) is 0 Å². The second kappa shape index (κ2) is 13.5. The summed E-state index contributed by atoms with van der Waals surface area (Å²) in [5.74, 6) is 0.